The fourth-order valence-corrected chi connectivity index (χ4v) is 2.74. The second-order valence-electron chi connectivity index (χ2n) is 4.70. The third-order valence-corrected chi connectivity index (χ3v) is 3.49. The minimum Gasteiger partial charge on any atom is -0.369 e. The summed E-state index contributed by atoms with van der Waals surface area (Å²) in [6.07, 6.45) is 2.95. The molecule has 2 heterocycles. The van der Waals surface area contributed by atoms with E-state index in [1.54, 1.807) is 0 Å². The molecule has 1 fully saturated rings. The molecule has 3 rings (SSSR count). The van der Waals surface area contributed by atoms with Gasteiger partial charge in [-0.3, -0.25) is 0 Å². The smallest absolute Gasteiger partial charge is 0.0844 e. The molecule has 0 spiro atoms. The van der Waals surface area contributed by atoms with Crippen LogP contribution in [0.25, 0.3) is 0 Å². The Morgan fingerprint density at radius 1 is 1.33 bits per heavy atom. The van der Waals surface area contributed by atoms with Gasteiger partial charge in [-0.1, -0.05) is 24.3 Å². The molecule has 1 aromatic rings. The molecule has 0 aromatic heterocycles. The van der Waals surface area contributed by atoms with E-state index in [0.717, 1.165) is 25.9 Å². The van der Waals surface area contributed by atoms with Crippen LogP contribution >= 0.6 is 0 Å². The molecule has 0 amide bonds. The number of benzene rings is 1. The monoisotopic (exact) mass is 203 g/mol. The highest BCUT2D eigenvalue weighted by Gasteiger charge is 2.30. The first-order valence-corrected chi connectivity index (χ1v) is 5.75. The van der Waals surface area contributed by atoms with E-state index in [1.165, 1.54) is 11.1 Å². The van der Waals surface area contributed by atoms with Gasteiger partial charge in [0.1, 0.15) is 0 Å². The molecule has 2 bridgehead atoms. The van der Waals surface area contributed by atoms with Crippen molar-refractivity contribution >= 4 is 0 Å². The summed E-state index contributed by atoms with van der Waals surface area (Å²) in [6, 6.07) is 8.74. The fourth-order valence-electron chi connectivity index (χ4n) is 2.74. The summed E-state index contributed by atoms with van der Waals surface area (Å²) in [5, 5.41) is 0. The molecule has 0 saturated carbocycles. The lowest BCUT2D eigenvalue weighted by atomic mass is 9.93. The van der Waals surface area contributed by atoms with Crippen molar-refractivity contribution in [3.63, 3.8) is 0 Å². The van der Waals surface area contributed by atoms with Crippen LogP contribution in [0.2, 0.25) is 0 Å². The lowest BCUT2D eigenvalue weighted by Crippen LogP contribution is -2.32. The van der Waals surface area contributed by atoms with Crippen LogP contribution < -0.4 is 0 Å². The maximum atomic E-state index is 6.10. The molecule has 80 valence electrons. The number of fused-ring (bicyclic) bond motifs is 4. The van der Waals surface area contributed by atoms with Crippen LogP contribution in [0.15, 0.2) is 24.3 Å². The van der Waals surface area contributed by atoms with Gasteiger partial charge in [0.25, 0.3) is 0 Å². The minimum absolute atomic E-state index is 0.338. The highest BCUT2D eigenvalue weighted by atomic mass is 16.5. The lowest BCUT2D eigenvalue weighted by molar-refractivity contribution is -0.0184. The Morgan fingerprint density at radius 2 is 2.20 bits per heavy atom. The van der Waals surface area contributed by atoms with Crippen LogP contribution in [0, 0.1) is 0 Å². The molecule has 2 atom stereocenters. The molecule has 0 radical (unpaired) electrons. The lowest BCUT2D eigenvalue weighted by Gasteiger charge is -2.30. The van der Waals surface area contributed by atoms with Crippen molar-refractivity contribution in [2.75, 3.05) is 20.1 Å². The van der Waals surface area contributed by atoms with Crippen LogP contribution in [-0.4, -0.2) is 31.1 Å². The van der Waals surface area contributed by atoms with Gasteiger partial charge in [0, 0.05) is 19.5 Å². The van der Waals surface area contributed by atoms with Crippen molar-refractivity contribution in [3.05, 3.63) is 35.4 Å². The number of hydrogen-bond acceptors (Lipinski definition) is 2. The molecule has 1 aromatic carbocycles. The second kappa shape index (κ2) is 3.62. The van der Waals surface area contributed by atoms with Crippen LogP contribution in [0.1, 0.15) is 23.7 Å². The third-order valence-electron chi connectivity index (χ3n) is 3.49. The van der Waals surface area contributed by atoms with Crippen molar-refractivity contribution in [1.29, 1.82) is 0 Å². The van der Waals surface area contributed by atoms with Crippen LogP contribution in [0.5, 0.6) is 0 Å². The highest BCUT2D eigenvalue weighted by Crippen LogP contribution is 2.34. The van der Waals surface area contributed by atoms with Gasteiger partial charge in [-0.05, 0) is 24.6 Å². The van der Waals surface area contributed by atoms with E-state index in [9.17, 15) is 0 Å². The predicted octanol–water partition coefficient (Wildman–Crippen LogP) is 2.00. The number of ether oxygens (including phenoxy) is 1. The SMILES string of the molecule is CN1CC[C@H]2O[C@H](Cc3ccccc32)C1. The molecule has 2 aliphatic heterocycles. The third kappa shape index (κ3) is 1.68. The van der Waals surface area contributed by atoms with Crippen molar-refractivity contribution in [2.24, 2.45) is 0 Å². The van der Waals surface area contributed by atoms with Crippen LogP contribution in [-0.2, 0) is 11.2 Å². The molecule has 2 nitrogen and oxygen atoms in total. The molecule has 0 aliphatic carbocycles. The zero-order chi connectivity index (χ0) is 10.3. The summed E-state index contributed by atoms with van der Waals surface area (Å²) in [7, 11) is 2.19. The Hall–Kier alpha value is -0.860. The van der Waals surface area contributed by atoms with Crippen molar-refractivity contribution in [3.8, 4) is 0 Å². The highest BCUT2D eigenvalue weighted by molar-refractivity contribution is 5.32. The standard InChI is InChI=1S/C13H17NO/c1-14-7-6-13-12-5-3-2-4-10(12)8-11(9-14)15-13/h2-5,11,13H,6-9H2,1H3/t11-,13-/m1/s1. The van der Waals surface area contributed by atoms with Crippen molar-refractivity contribution in [2.45, 2.75) is 25.0 Å². The summed E-state index contributed by atoms with van der Waals surface area (Å²) in [6.45, 7) is 2.22. The maximum absolute atomic E-state index is 6.10. The van der Waals surface area contributed by atoms with Gasteiger partial charge in [-0.25, -0.2) is 0 Å². The van der Waals surface area contributed by atoms with Crippen molar-refractivity contribution in [1.82, 2.24) is 4.90 Å². The van der Waals surface area contributed by atoms with Gasteiger partial charge in [-0.15, -0.1) is 0 Å². The zero-order valence-electron chi connectivity index (χ0n) is 9.15. The first kappa shape index (κ1) is 9.37. The maximum Gasteiger partial charge on any atom is 0.0844 e. The van der Waals surface area contributed by atoms with Crippen LogP contribution in [0.3, 0.4) is 0 Å². The van der Waals surface area contributed by atoms with Gasteiger partial charge in [0.05, 0.1) is 12.2 Å². The summed E-state index contributed by atoms with van der Waals surface area (Å²) in [5.74, 6) is 0. The van der Waals surface area contributed by atoms with E-state index in [2.05, 4.69) is 36.2 Å². The largest absolute Gasteiger partial charge is 0.369 e. The molecular weight excluding hydrogens is 186 g/mol. The first-order valence-electron chi connectivity index (χ1n) is 5.75. The van der Waals surface area contributed by atoms with Gasteiger partial charge in [0.15, 0.2) is 0 Å². The first-order chi connectivity index (χ1) is 7.33. The Morgan fingerprint density at radius 3 is 3.13 bits per heavy atom. The Labute approximate surface area is 90.8 Å². The molecular formula is C13H17NO. The zero-order valence-corrected chi connectivity index (χ0v) is 9.15. The number of rotatable bonds is 0. The van der Waals surface area contributed by atoms with E-state index in [0.29, 0.717) is 12.2 Å². The van der Waals surface area contributed by atoms with E-state index in [1.807, 2.05) is 0 Å². The molecule has 15 heavy (non-hydrogen) atoms. The van der Waals surface area contributed by atoms with E-state index >= 15 is 0 Å². The summed E-state index contributed by atoms with van der Waals surface area (Å²) in [5.41, 5.74) is 2.91. The predicted molar refractivity (Wildman–Crippen MR) is 59.9 cm³/mol. The molecule has 1 saturated heterocycles. The Balaban J connectivity index is 1.97. The number of likely N-dealkylation sites (N-methyl/N-ethyl adjacent to an activating group) is 1. The summed E-state index contributed by atoms with van der Waals surface area (Å²) in [4.78, 5) is 2.39. The average Bonchev–Trinajstić information content (AvgIpc) is 2.39. The molecule has 2 heteroatoms. The molecule has 0 N–H and O–H groups in total. The number of nitrogens with zero attached hydrogens (tertiary/aromatic N) is 1. The van der Waals surface area contributed by atoms with E-state index in [4.69, 9.17) is 4.74 Å². The summed E-state index contributed by atoms with van der Waals surface area (Å²) < 4.78 is 6.10. The van der Waals surface area contributed by atoms with Gasteiger partial charge >= 0.3 is 0 Å². The average molecular weight is 203 g/mol. The van der Waals surface area contributed by atoms with E-state index in [-0.39, 0.29) is 0 Å². The fraction of sp³-hybridized carbons (Fsp3) is 0.538. The quantitative estimate of drug-likeness (QED) is 0.639. The number of hydrogen-bond donors (Lipinski definition) is 0. The molecule has 2 aliphatic rings. The van der Waals surface area contributed by atoms with Gasteiger partial charge in [-0.2, -0.15) is 0 Å². The van der Waals surface area contributed by atoms with Gasteiger partial charge < -0.3 is 9.64 Å². The van der Waals surface area contributed by atoms with E-state index < -0.39 is 0 Å². The van der Waals surface area contributed by atoms with Crippen molar-refractivity contribution < 1.29 is 4.74 Å². The normalized spacial score (nSPS) is 30.7. The van der Waals surface area contributed by atoms with Gasteiger partial charge in [0.2, 0.25) is 0 Å². The minimum atomic E-state index is 0.338. The summed E-state index contributed by atoms with van der Waals surface area (Å²) >= 11 is 0. The topological polar surface area (TPSA) is 12.5 Å². The van der Waals surface area contributed by atoms with Crippen LogP contribution in [0.4, 0.5) is 0 Å². The molecule has 0 unspecified atom stereocenters. The Kier molecular flexibility index (Phi) is 2.26. The Bertz CT molecular complexity index is 363. The second-order valence-corrected chi connectivity index (χ2v) is 4.70.